The number of hydrogen-bond donors (Lipinski definition) is 0. The highest BCUT2D eigenvalue weighted by atomic mass is 16.1. The van der Waals surface area contributed by atoms with Crippen LogP contribution in [0.1, 0.15) is 120 Å². The van der Waals surface area contributed by atoms with Crippen LogP contribution in [0.15, 0.2) is 24.3 Å². The molecule has 0 aliphatic rings. The van der Waals surface area contributed by atoms with Crippen LogP contribution in [-0.2, 0) is 0 Å². The first kappa shape index (κ1) is 21.9. The molecular formula is C24H39O. The van der Waals surface area contributed by atoms with Gasteiger partial charge in [0.15, 0.2) is 5.78 Å². The van der Waals surface area contributed by atoms with Gasteiger partial charge >= 0.3 is 0 Å². The molecule has 0 bridgehead atoms. The first-order chi connectivity index (χ1) is 12.3. The summed E-state index contributed by atoms with van der Waals surface area (Å²) in [5, 5.41) is 0. The molecule has 1 radical (unpaired) electrons. The molecule has 0 atom stereocenters. The summed E-state index contributed by atoms with van der Waals surface area (Å²) in [7, 11) is 0. The summed E-state index contributed by atoms with van der Waals surface area (Å²) in [6, 6.07) is 10.5. The van der Waals surface area contributed by atoms with E-state index in [0.29, 0.717) is 6.42 Å². The van der Waals surface area contributed by atoms with Crippen molar-refractivity contribution in [2.24, 2.45) is 0 Å². The van der Waals surface area contributed by atoms with Crippen molar-refractivity contribution in [2.45, 2.75) is 110 Å². The van der Waals surface area contributed by atoms with Gasteiger partial charge in [0.05, 0.1) is 0 Å². The van der Waals surface area contributed by atoms with Gasteiger partial charge < -0.3 is 0 Å². The molecule has 0 fully saturated rings. The maximum absolute atomic E-state index is 11.9. The van der Waals surface area contributed by atoms with E-state index in [0.717, 1.165) is 12.0 Å². The zero-order chi connectivity index (χ0) is 18.0. The zero-order valence-electron chi connectivity index (χ0n) is 16.5. The smallest absolute Gasteiger partial charge is 0.163 e. The molecule has 1 aromatic carbocycles. The van der Waals surface area contributed by atoms with Crippen LogP contribution in [0, 0.1) is 6.07 Å². The van der Waals surface area contributed by atoms with E-state index in [4.69, 9.17) is 0 Å². The van der Waals surface area contributed by atoms with Crippen LogP contribution in [0.5, 0.6) is 0 Å². The van der Waals surface area contributed by atoms with Crippen LogP contribution in [-0.4, -0.2) is 5.78 Å². The molecule has 0 N–H and O–H groups in total. The normalized spacial score (nSPS) is 10.9. The maximum Gasteiger partial charge on any atom is 0.163 e. The predicted octanol–water partition coefficient (Wildman–Crippen LogP) is 7.93. The Morgan fingerprint density at radius 3 is 1.64 bits per heavy atom. The second-order valence-corrected chi connectivity index (χ2v) is 7.40. The summed E-state index contributed by atoms with van der Waals surface area (Å²) in [4.78, 5) is 11.9. The fourth-order valence-corrected chi connectivity index (χ4v) is 3.36. The average molecular weight is 344 g/mol. The van der Waals surface area contributed by atoms with Gasteiger partial charge in [0, 0.05) is 12.0 Å². The highest BCUT2D eigenvalue weighted by Crippen LogP contribution is 2.14. The number of Topliss-reactive ketones (excluding diaryl/α,β-unsaturated/α-hetero) is 1. The van der Waals surface area contributed by atoms with Gasteiger partial charge in [-0.1, -0.05) is 121 Å². The third kappa shape index (κ3) is 12.8. The summed E-state index contributed by atoms with van der Waals surface area (Å²) >= 11 is 0. The lowest BCUT2D eigenvalue weighted by molar-refractivity contribution is 0.0979. The van der Waals surface area contributed by atoms with Crippen LogP contribution in [0.2, 0.25) is 0 Å². The molecule has 141 valence electrons. The SMILES string of the molecule is CCCCCCCCCCCCCCCCCC(=O)c1[c]cccc1. The minimum Gasteiger partial charge on any atom is -0.294 e. The standard InChI is InChI=1S/C24H39O/c1-2-3-4-5-6-7-8-9-10-11-12-13-14-15-19-22-24(25)23-20-17-16-18-21-23/h16-18,20H,2-15,19,22H2,1H3. The summed E-state index contributed by atoms with van der Waals surface area (Å²) in [5.74, 6) is 0.246. The Balaban J connectivity index is 1.78. The Labute approximate surface area is 156 Å². The van der Waals surface area contributed by atoms with Gasteiger partial charge in [0.1, 0.15) is 0 Å². The fourth-order valence-electron chi connectivity index (χ4n) is 3.36. The molecule has 0 amide bonds. The monoisotopic (exact) mass is 343 g/mol. The number of ketones is 1. The lowest BCUT2D eigenvalue weighted by Crippen LogP contribution is -1.98. The minimum absolute atomic E-state index is 0.246. The van der Waals surface area contributed by atoms with Crippen LogP contribution in [0.3, 0.4) is 0 Å². The molecule has 1 nitrogen and oxygen atoms in total. The molecule has 0 aromatic heterocycles. The molecule has 1 heteroatoms. The lowest BCUT2D eigenvalue weighted by Gasteiger charge is -2.03. The summed E-state index contributed by atoms with van der Waals surface area (Å²) in [6.07, 6.45) is 21.1. The highest BCUT2D eigenvalue weighted by molar-refractivity contribution is 5.95. The Bertz CT molecular complexity index is 409. The van der Waals surface area contributed by atoms with Gasteiger partial charge in [-0.05, 0) is 12.5 Å². The average Bonchev–Trinajstić information content (AvgIpc) is 2.65. The fraction of sp³-hybridized carbons (Fsp3) is 0.708. The van der Waals surface area contributed by atoms with Gasteiger partial charge in [0.2, 0.25) is 0 Å². The van der Waals surface area contributed by atoms with E-state index < -0.39 is 0 Å². The molecule has 1 rings (SSSR count). The molecule has 0 aliphatic carbocycles. The maximum atomic E-state index is 11.9. The van der Waals surface area contributed by atoms with Crippen molar-refractivity contribution in [3.63, 3.8) is 0 Å². The summed E-state index contributed by atoms with van der Waals surface area (Å²) < 4.78 is 0. The lowest BCUT2D eigenvalue weighted by atomic mass is 10.0. The molecule has 0 spiro atoms. The molecule has 0 aliphatic heterocycles. The number of rotatable bonds is 17. The molecule has 1 aromatic rings. The predicted molar refractivity (Wildman–Crippen MR) is 109 cm³/mol. The quantitative estimate of drug-likeness (QED) is 0.207. The molecular weight excluding hydrogens is 304 g/mol. The van der Waals surface area contributed by atoms with Gasteiger partial charge in [-0.15, -0.1) is 0 Å². The zero-order valence-corrected chi connectivity index (χ0v) is 16.5. The largest absolute Gasteiger partial charge is 0.294 e. The summed E-state index contributed by atoms with van der Waals surface area (Å²) in [6.45, 7) is 2.28. The summed E-state index contributed by atoms with van der Waals surface area (Å²) in [5.41, 5.74) is 0.743. The second-order valence-electron chi connectivity index (χ2n) is 7.40. The Kier molecular flexibility index (Phi) is 14.4. The van der Waals surface area contributed by atoms with Crippen molar-refractivity contribution >= 4 is 5.78 Å². The first-order valence-electron chi connectivity index (χ1n) is 10.8. The minimum atomic E-state index is 0.246. The number of unbranched alkanes of at least 4 members (excludes halogenated alkanes) is 14. The van der Waals surface area contributed by atoms with E-state index in [1.165, 1.54) is 89.9 Å². The van der Waals surface area contributed by atoms with E-state index in [1.54, 1.807) is 0 Å². The highest BCUT2D eigenvalue weighted by Gasteiger charge is 2.04. The van der Waals surface area contributed by atoms with Crippen molar-refractivity contribution in [2.75, 3.05) is 0 Å². The van der Waals surface area contributed by atoms with E-state index in [-0.39, 0.29) is 5.78 Å². The third-order valence-electron chi connectivity index (χ3n) is 5.02. The van der Waals surface area contributed by atoms with Crippen LogP contribution in [0.4, 0.5) is 0 Å². The van der Waals surface area contributed by atoms with Gasteiger partial charge in [-0.3, -0.25) is 4.79 Å². The van der Waals surface area contributed by atoms with Crippen LogP contribution in [0.25, 0.3) is 0 Å². The van der Waals surface area contributed by atoms with Gasteiger partial charge in [-0.25, -0.2) is 0 Å². The molecule has 0 heterocycles. The molecule has 0 saturated heterocycles. The Morgan fingerprint density at radius 1 is 0.720 bits per heavy atom. The van der Waals surface area contributed by atoms with Crippen molar-refractivity contribution in [3.05, 3.63) is 35.9 Å². The van der Waals surface area contributed by atoms with Crippen molar-refractivity contribution in [1.82, 2.24) is 0 Å². The Hall–Kier alpha value is -1.11. The topological polar surface area (TPSA) is 17.1 Å². The van der Waals surface area contributed by atoms with Crippen molar-refractivity contribution in [3.8, 4) is 0 Å². The van der Waals surface area contributed by atoms with Gasteiger partial charge in [0.25, 0.3) is 0 Å². The van der Waals surface area contributed by atoms with Crippen molar-refractivity contribution < 1.29 is 4.79 Å². The first-order valence-corrected chi connectivity index (χ1v) is 10.8. The van der Waals surface area contributed by atoms with Crippen LogP contribution < -0.4 is 0 Å². The number of carbonyl (C=O) groups excluding carboxylic acids is 1. The van der Waals surface area contributed by atoms with Gasteiger partial charge in [-0.2, -0.15) is 0 Å². The number of carbonyl (C=O) groups is 1. The number of hydrogen-bond acceptors (Lipinski definition) is 1. The third-order valence-corrected chi connectivity index (χ3v) is 5.02. The second kappa shape index (κ2) is 16.4. The van der Waals surface area contributed by atoms with E-state index in [1.807, 2.05) is 24.3 Å². The van der Waals surface area contributed by atoms with Crippen molar-refractivity contribution in [1.29, 1.82) is 0 Å². The molecule has 25 heavy (non-hydrogen) atoms. The molecule has 0 unspecified atom stereocenters. The van der Waals surface area contributed by atoms with Crippen LogP contribution >= 0.6 is 0 Å². The number of benzene rings is 1. The van der Waals surface area contributed by atoms with E-state index in [9.17, 15) is 4.79 Å². The van der Waals surface area contributed by atoms with E-state index >= 15 is 0 Å². The molecule has 0 saturated carbocycles. The Morgan fingerprint density at radius 2 is 1.20 bits per heavy atom. The van der Waals surface area contributed by atoms with E-state index in [2.05, 4.69) is 13.0 Å².